The van der Waals surface area contributed by atoms with E-state index in [1.54, 1.807) is 31.2 Å². The van der Waals surface area contributed by atoms with E-state index >= 15 is 0 Å². The number of nitrogens with one attached hydrogen (secondary N) is 1. The van der Waals surface area contributed by atoms with E-state index in [4.69, 9.17) is 9.47 Å². The van der Waals surface area contributed by atoms with Gasteiger partial charge in [0.05, 0.1) is 11.9 Å². The molecule has 0 saturated carbocycles. The van der Waals surface area contributed by atoms with Gasteiger partial charge < -0.3 is 14.8 Å². The highest BCUT2D eigenvalue weighted by atomic mass is 32.2. The molecule has 29 heavy (non-hydrogen) atoms. The minimum atomic E-state index is -3.67. The maximum atomic E-state index is 12.5. The van der Waals surface area contributed by atoms with E-state index in [0.717, 1.165) is 10.6 Å². The molecule has 0 aliphatic heterocycles. The van der Waals surface area contributed by atoms with Gasteiger partial charge in [-0.15, -0.1) is 0 Å². The van der Waals surface area contributed by atoms with Crippen LogP contribution in [-0.2, 0) is 19.6 Å². The van der Waals surface area contributed by atoms with Crippen molar-refractivity contribution in [3.63, 3.8) is 0 Å². The van der Waals surface area contributed by atoms with Gasteiger partial charge in [0.1, 0.15) is 17.5 Å². The summed E-state index contributed by atoms with van der Waals surface area (Å²) in [5.74, 6) is 0.887. The minimum absolute atomic E-state index is 0.364. The van der Waals surface area contributed by atoms with Crippen molar-refractivity contribution in [2.24, 2.45) is 0 Å². The summed E-state index contributed by atoms with van der Waals surface area (Å²) in [6.07, 6.45) is 1.75. The van der Waals surface area contributed by atoms with Gasteiger partial charge in [-0.1, -0.05) is 18.2 Å². The molecule has 0 fully saturated rings. The zero-order valence-electron chi connectivity index (χ0n) is 17.0. The second-order valence-corrected chi connectivity index (χ2v) is 8.34. The van der Waals surface area contributed by atoms with Gasteiger partial charge in [-0.2, -0.15) is 0 Å². The minimum Gasteiger partial charge on any atom is -0.457 e. The molecule has 0 radical (unpaired) electrons. The lowest BCUT2D eigenvalue weighted by Gasteiger charge is -2.28. The lowest BCUT2D eigenvalue weighted by molar-refractivity contribution is -0.121. The zero-order valence-corrected chi connectivity index (χ0v) is 17.8. The average Bonchev–Trinajstić information content (AvgIpc) is 2.69. The van der Waals surface area contributed by atoms with Crippen LogP contribution in [0.1, 0.15) is 20.3 Å². The van der Waals surface area contributed by atoms with E-state index in [2.05, 4.69) is 5.32 Å². The molecule has 0 saturated heterocycles. The van der Waals surface area contributed by atoms with Crippen molar-refractivity contribution >= 4 is 21.6 Å². The molecular formula is C21H28N2O5S. The molecule has 1 N–H and O–H groups in total. The summed E-state index contributed by atoms with van der Waals surface area (Å²) in [6.45, 7) is 5.05. The first-order valence-corrected chi connectivity index (χ1v) is 11.4. The van der Waals surface area contributed by atoms with Gasteiger partial charge >= 0.3 is 0 Å². The Kier molecular flexibility index (Phi) is 8.48. The first-order chi connectivity index (χ1) is 13.8. The second kappa shape index (κ2) is 10.8. The zero-order chi connectivity index (χ0) is 21.3. The molecule has 158 valence electrons. The normalized spacial score (nSPS) is 12.2. The maximum Gasteiger partial charge on any atom is 0.243 e. The fourth-order valence-corrected chi connectivity index (χ4v) is 3.95. The van der Waals surface area contributed by atoms with Crippen LogP contribution < -0.4 is 14.4 Å². The molecular weight excluding hydrogens is 392 g/mol. The van der Waals surface area contributed by atoms with E-state index in [-0.39, 0.29) is 5.91 Å². The molecule has 0 aromatic heterocycles. The van der Waals surface area contributed by atoms with Crippen LogP contribution in [0.4, 0.5) is 5.69 Å². The van der Waals surface area contributed by atoms with Gasteiger partial charge in [0.2, 0.25) is 15.9 Å². The SMILES string of the molecule is CCOCCCNC(=O)[C@H](C)N(c1ccc(Oc2ccccc2)cc1)S(C)(=O)=O. The van der Waals surface area contributed by atoms with Crippen LogP contribution in [0.3, 0.4) is 0 Å². The van der Waals surface area contributed by atoms with Crippen molar-refractivity contribution in [1.29, 1.82) is 0 Å². The van der Waals surface area contributed by atoms with Crippen LogP contribution in [0.15, 0.2) is 54.6 Å². The predicted octanol–water partition coefficient (Wildman–Crippen LogP) is 3.18. The molecule has 8 heteroatoms. The third kappa shape index (κ3) is 7.07. The van der Waals surface area contributed by atoms with Crippen LogP contribution >= 0.6 is 0 Å². The van der Waals surface area contributed by atoms with Crippen LogP contribution in [0.25, 0.3) is 0 Å². The first-order valence-electron chi connectivity index (χ1n) is 9.50. The summed E-state index contributed by atoms with van der Waals surface area (Å²) in [5, 5.41) is 2.76. The number of rotatable bonds is 11. The van der Waals surface area contributed by atoms with Crippen molar-refractivity contribution in [3.05, 3.63) is 54.6 Å². The number of para-hydroxylation sites is 1. The van der Waals surface area contributed by atoms with Crippen LogP contribution in [-0.4, -0.2) is 46.4 Å². The summed E-state index contributed by atoms with van der Waals surface area (Å²) in [4.78, 5) is 12.5. The highest BCUT2D eigenvalue weighted by Crippen LogP contribution is 2.26. The number of carbonyl (C=O) groups is 1. The number of carbonyl (C=O) groups excluding carboxylic acids is 1. The first kappa shape index (κ1) is 22.7. The molecule has 0 spiro atoms. The Bertz CT molecular complexity index is 870. The number of ether oxygens (including phenoxy) is 2. The number of hydrogen-bond donors (Lipinski definition) is 1. The maximum absolute atomic E-state index is 12.5. The van der Waals surface area contributed by atoms with Crippen molar-refractivity contribution in [3.8, 4) is 11.5 Å². The Hall–Kier alpha value is -2.58. The number of amides is 1. The van der Waals surface area contributed by atoms with E-state index in [1.165, 1.54) is 0 Å². The standard InChI is InChI=1S/C21H28N2O5S/c1-4-27-16-8-15-22-21(24)17(2)23(29(3,25)26)18-11-13-20(14-12-18)28-19-9-6-5-7-10-19/h5-7,9-14,17H,4,8,15-16H2,1-3H3,(H,22,24)/t17-/m0/s1. The van der Waals surface area contributed by atoms with Gasteiger partial charge in [-0.3, -0.25) is 9.10 Å². The summed E-state index contributed by atoms with van der Waals surface area (Å²) in [6, 6.07) is 15.0. The number of hydrogen-bond acceptors (Lipinski definition) is 5. The molecule has 2 aromatic rings. The molecule has 2 aromatic carbocycles. The van der Waals surface area contributed by atoms with Crippen molar-refractivity contribution in [1.82, 2.24) is 5.32 Å². The molecule has 1 atom stereocenters. The highest BCUT2D eigenvalue weighted by molar-refractivity contribution is 7.92. The lowest BCUT2D eigenvalue weighted by Crippen LogP contribution is -2.48. The van der Waals surface area contributed by atoms with Gasteiger partial charge in [0.15, 0.2) is 0 Å². The number of anilines is 1. The molecule has 7 nitrogen and oxygen atoms in total. The summed E-state index contributed by atoms with van der Waals surface area (Å²) >= 11 is 0. The Morgan fingerprint density at radius 3 is 2.28 bits per heavy atom. The summed E-state index contributed by atoms with van der Waals surface area (Å²) in [7, 11) is -3.67. The number of nitrogens with zero attached hydrogens (tertiary/aromatic N) is 1. The molecule has 0 bridgehead atoms. The molecule has 2 rings (SSSR count). The molecule has 0 aliphatic rings. The fraction of sp³-hybridized carbons (Fsp3) is 0.381. The number of sulfonamides is 1. The van der Waals surface area contributed by atoms with Gasteiger partial charge in [0, 0.05) is 19.8 Å². The Balaban J connectivity index is 2.08. The summed E-state index contributed by atoms with van der Waals surface area (Å²) < 4.78 is 36.8. The lowest BCUT2D eigenvalue weighted by atomic mass is 10.2. The molecule has 0 unspecified atom stereocenters. The average molecular weight is 421 g/mol. The second-order valence-electron chi connectivity index (χ2n) is 6.49. The Morgan fingerprint density at radius 2 is 1.69 bits per heavy atom. The van der Waals surface area contributed by atoms with E-state index in [0.29, 0.717) is 43.4 Å². The van der Waals surface area contributed by atoms with Crippen molar-refractivity contribution in [2.45, 2.75) is 26.3 Å². The smallest absolute Gasteiger partial charge is 0.243 e. The predicted molar refractivity (Wildman–Crippen MR) is 114 cm³/mol. The van der Waals surface area contributed by atoms with E-state index in [1.807, 2.05) is 37.3 Å². The van der Waals surface area contributed by atoms with Gasteiger partial charge in [-0.25, -0.2) is 8.42 Å². The number of benzene rings is 2. The van der Waals surface area contributed by atoms with Crippen LogP contribution in [0.2, 0.25) is 0 Å². The Morgan fingerprint density at radius 1 is 1.07 bits per heavy atom. The fourth-order valence-electron chi connectivity index (χ4n) is 2.77. The third-order valence-corrected chi connectivity index (χ3v) is 5.37. The Labute approximate surface area is 172 Å². The molecule has 0 aliphatic carbocycles. The third-order valence-electron chi connectivity index (χ3n) is 4.13. The van der Waals surface area contributed by atoms with Crippen molar-refractivity contribution in [2.75, 3.05) is 30.3 Å². The molecule has 0 heterocycles. The van der Waals surface area contributed by atoms with Crippen LogP contribution in [0, 0.1) is 0 Å². The van der Waals surface area contributed by atoms with E-state index < -0.39 is 16.1 Å². The highest BCUT2D eigenvalue weighted by Gasteiger charge is 2.28. The van der Waals surface area contributed by atoms with E-state index in [9.17, 15) is 13.2 Å². The topological polar surface area (TPSA) is 84.9 Å². The van der Waals surface area contributed by atoms with Gasteiger partial charge in [-0.05, 0) is 56.7 Å². The summed E-state index contributed by atoms with van der Waals surface area (Å²) in [5.41, 5.74) is 0.393. The molecule has 1 amide bonds. The largest absolute Gasteiger partial charge is 0.457 e. The van der Waals surface area contributed by atoms with Gasteiger partial charge in [0.25, 0.3) is 0 Å². The quantitative estimate of drug-likeness (QED) is 0.565. The van der Waals surface area contributed by atoms with Crippen LogP contribution in [0.5, 0.6) is 11.5 Å². The van der Waals surface area contributed by atoms with Crippen molar-refractivity contribution < 1.29 is 22.7 Å². The monoisotopic (exact) mass is 420 g/mol.